The van der Waals surface area contributed by atoms with E-state index in [9.17, 15) is 4.79 Å². The summed E-state index contributed by atoms with van der Waals surface area (Å²) in [6.45, 7) is 2.08. The fourth-order valence-electron chi connectivity index (χ4n) is 0.693. The van der Waals surface area contributed by atoms with Crippen molar-refractivity contribution in [1.29, 1.82) is 0 Å². The lowest BCUT2D eigenvalue weighted by molar-refractivity contribution is 0.0532. The quantitative estimate of drug-likeness (QED) is 0.598. The van der Waals surface area contributed by atoms with Crippen LogP contribution in [0.1, 0.15) is 16.6 Å². The summed E-state index contributed by atoms with van der Waals surface area (Å²) in [5.74, 6) is -0.415. The number of thiophene rings is 1. The van der Waals surface area contributed by atoms with Crippen LogP contribution in [0.25, 0.3) is 0 Å². The Bertz CT molecular complexity index is 337. The van der Waals surface area contributed by atoms with Gasteiger partial charge in [0.05, 0.1) is 19.5 Å². The van der Waals surface area contributed by atoms with Crippen LogP contribution in [0.5, 0.6) is 0 Å². The molecule has 0 unspecified atom stereocenters. The number of rotatable bonds is 2. The molecule has 6 heteroatoms. The third-order valence-corrected chi connectivity index (χ3v) is 4.77. The van der Waals surface area contributed by atoms with Gasteiger partial charge in [-0.15, -0.1) is 11.3 Å². The first-order chi connectivity index (χ1) is 6.07. The molecule has 0 radical (unpaired) electrons. The number of esters is 1. The van der Waals surface area contributed by atoms with Gasteiger partial charge in [-0.25, -0.2) is 4.79 Å². The van der Waals surface area contributed by atoms with E-state index in [4.69, 9.17) is 27.9 Å². The molecule has 0 aliphatic carbocycles. The smallest absolute Gasteiger partial charge is 0.349 e. The highest BCUT2D eigenvalue weighted by Crippen LogP contribution is 2.37. The molecule has 2 nitrogen and oxygen atoms in total. The van der Waals surface area contributed by atoms with Gasteiger partial charge in [0.15, 0.2) is 0 Å². The molecule has 72 valence electrons. The normalized spacial score (nSPS) is 10.2. The second-order valence-electron chi connectivity index (χ2n) is 2.05. The summed E-state index contributed by atoms with van der Waals surface area (Å²) in [5.41, 5.74) is 0. The Morgan fingerprint density at radius 2 is 2.15 bits per heavy atom. The Hall–Kier alpha value is 0.480. The van der Waals surface area contributed by atoms with E-state index in [1.165, 1.54) is 11.3 Å². The maximum absolute atomic E-state index is 11.3. The minimum Gasteiger partial charge on any atom is -0.462 e. The standard InChI is InChI=1S/C7H5Cl2IO2S/c1-2-12-7(11)5-3(8)4(9)6(10)13-5/h2H2,1H3. The van der Waals surface area contributed by atoms with Gasteiger partial charge in [0.2, 0.25) is 0 Å². The van der Waals surface area contributed by atoms with E-state index in [2.05, 4.69) is 0 Å². The third-order valence-electron chi connectivity index (χ3n) is 1.22. The monoisotopic (exact) mass is 350 g/mol. The van der Waals surface area contributed by atoms with Gasteiger partial charge in [-0.05, 0) is 29.5 Å². The van der Waals surface area contributed by atoms with Crippen molar-refractivity contribution in [2.75, 3.05) is 6.61 Å². The Kier molecular flexibility index (Phi) is 4.28. The maximum atomic E-state index is 11.3. The summed E-state index contributed by atoms with van der Waals surface area (Å²) in [5, 5.41) is 0.713. The van der Waals surface area contributed by atoms with Crippen molar-refractivity contribution in [3.63, 3.8) is 0 Å². The maximum Gasteiger partial charge on any atom is 0.349 e. The molecular weight excluding hydrogens is 346 g/mol. The van der Waals surface area contributed by atoms with Crippen LogP contribution in [0, 0.1) is 2.88 Å². The molecule has 1 heterocycles. The van der Waals surface area contributed by atoms with Crippen LogP contribution in [-0.4, -0.2) is 12.6 Å². The van der Waals surface area contributed by atoms with Crippen molar-refractivity contribution in [3.8, 4) is 0 Å². The molecule has 13 heavy (non-hydrogen) atoms. The zero-order valence-electron chi connectivity index (χ0n) is 6.57. The van der Waals surface area contributed by atoms with Gasteiger partial charge in [-0.2, -0.15) is 0 Å². The summed E-state index contributed by atoms with van der Waals surface area (Å²) in [6.07, 6.45) is 0. The molecule has 0 aliphatic heterocycles. The molecular formula is C7H5Cl2IO2S. The van der Waals surface area contributed by atoms with Crippen LogP contribution in [-0.2, 0) is 4.74 Å². The fraction of sp³-hybridized carbons (Fsp3) is 0.286. The molecule has 0 atom stereocenters. The molecule has 0 aliphatic rings. The molecule has 0 fully saturated rings. The predicted molar refractivity (Wildman–Crippen MR) is 63.0 cm³/mol. The molecule has 1 rings (SSSR count). The molecule has 0 amide bonds. The van der Waals surface area contributed by atoms with E-state index in [1.54, 1.807) is 6.92 Å². The molecule has 0 spiro atoms. The SMILES string of the molecule is CCOC(=O)c1sc(I)c(Cl)c1Cl. The minimum absolute atomic E-state index is 0.287. The summed E-state index contributed by atoms with van der Waals surface area (Å²) in [6, 6.07) is 0. The average Bonchev–Trinajstić information content (AvgIpc) is 2.33. The van der Waals surface area contributed by atoms with Crippen LogP contribution >= 0.6 is 57.1 Å². The lowest BCUT2D eigenvalue weighted by Crippen LogP contribution is -2.02. The highest BCUT2D eigenvalue weighted by Gasteiger charge is 2.19. The van der Waals surface area contributed by atoms with Crippen LogP contribution in [0.4, 0.5) is 0 Å². The Morgan fingerprint density at radius 1 is 1.54 bits per heavy atom. The fourth-order valence-corrected chi connectivity index (χ4v) is 3.10. The van der Waals surface area contributed by atoms with Gasteiger partial charge in [0.25, 0.3) is 0 Å². The average molecular weight is 351 g/mol. The molecule has 0 saturated carbocycles. The van der Waals surface area contributed by atoms with Crippen LogP contribution in [0.15, 0.2) is 0 Å². The number of carbonyl (C=O) groups excluding carboxylic acids is 1. The lowest BCUT2D eigenvalue weighted by Gasteiger charge is -1.97. The van der Waals surface area contributed by atoms with E-state index in [0.717, 1.165) is 2.88 Å². The van der Waals surface area contributed by atoms with Gasteiger partial charge < -0.3 is 4.74 Å². The largest absolute Gasteiger partial charge is 0.462 e. The van der Waals surface area contributed by atoms with E-state index >= 15 is 0 Å². The molecule has 0 bridgehead atoms. The van der Waals surface area contributed by atoms with Crippen LogP contribution in [0.3, 0.4) is 0 Å². The van der Waals surface area contributed by atoms with Gasteiger partial charge >= 0.3 is 5.97 Å². The van der Waals surface area contributed by atoms with Crippen molar-refractivity contribution in [2.24, 2.45) is 0 Å². The topological polar surface area (TPSA) is 26.3 Å². The lowest BCUT2D eigenvalue weighted by atomic mass is 10.5. The number of hydrogen-bond acceptors (Lipinski definition) is 3. The first-order valence-electron chi connectivity index (χ1n) is 3.38. The van der Waals surface area contributed by atoms with Crippen molar-refractivity contribution < 1.29 is 9.53 Å². The second-order valence-corrected chi connectivity index (χ2v) is 5.64. The molecule has 1 aromatic rings. The van der Waals surface area contributed by atoms with Crippen LogP contribution < -0.4 is 0 Å². The van der Waals surface area contributed by atoms with Gasteiger partial charge in [0, 0.05) is 0 Å². The second kappa shape index (κ2) is 4.82. The van der Waals surface area contributed by atoms with Crippen molar-refractivity contribution in [3.05, 3.63) is 17.8 Å². The minimum atomic E-state index is -0.415. The van der Waals surface area contributed by atoms with Crippen molar-refractivity contribution in [2.45, 2.75) is 6.92 Å². The van der Waals surface area contributed by atoms with Crippen molar-refractivity contribution >= 4 is 63.1 Å². The Balaban J connectivity index is 3.01. The molecule has 1 aromatic heterocycles. The highest BCUT2D eigenvalue weighted by molar-refractivity contribution is 14.1. The zero-order valence-corrected chi connectivity index (χ0v) is 11.1. The Morgan fingerprint density at radius 3 is 2.54 bits per heavy atom. The zero-order chi connectivity index (χ0) is 10.0. The van der Waals surface area contributed by atoms with E-state index < -0.39 is 5.97 Å². The van der Waals surface area contributed by atoms with Gasteiger partial charge in [0.1, 0.15) is 4.88 Å². The van der Waals surface area contributed by atoms with Gasteiger partial charge in [-0.3, -0.25) is 0 Å². The molecule has 0 aromatic carbocycles. The van der Waals surface area contributed by atoms with E-state index in [-0.39, 0.29) is 5.02 Å². The summed E-state index contributed by atoms with van der Waals surface area (Å²) in [4.78, 5) is 11.6. The summed E-state index contributed by atoms with van der Waals surface area (Å²) >= 11 is 14.9. The molecule has 0 N–H and O–H groups in total. The van der Waals surface area contributed by atoms with E-state index in [0.29, 0.717) is 16.5 Å². The third kappa shape index (κ3) is 2.49. The van der Waals surface area contributed by atoms with E-state index in [1.807, 2.05) is 22.6 Å². The number of carbonyl (C=O) groups is 1. The van der Waals surface area contributed by atoms with Crippen LogP contribution in [0.2, 0.25) is 10.0 Å². The van der Waals surface area contributed by atoms with Gasteiger partial charge in [-0.1, -0.05) is 23.2 Å². The first kappa shape index (κ1) is 11.6. The summed E-state index contributed by atoms with van der Waals surface area (Å²) < 4.78 is 5.60. The highest BCUT2D eigenvalue weighted by atomic mass is 127. The summed E-state index contributed by atoms with van der Waals surface area (Å²) in [7, 11) is 0. The Labute approximate surface area is 103 Å². The number of halogens is 3. The predicted octanol–water partition coefficient (Wildman–Crippen LogP) is 3.84. The first-order valence-corrected chi connectivity index (χ1v) is 6.03. The van der Waals surface area contributed by atoms with Crippen molar-refractivity contribution in [1.82, 2.24) is 0 Å². The number of hydrogen-bond donors (Lipinski definition) is 0. The number of ether oxygens (including phenoxy) is 1. The molecule has 0 saturated heterocycles.